The molecule has 0 radical (unpaired) electrons. The van der Waals surface area contributed by atoms with E-state index in [0.29, 0.717) is 11.1 Å². The summed E-state index contributed by atoms with van der Waals surface area (Å²) in [4.78, 5) is 88.6. The van der Waals surface area contributed by atoms with Crippen molar-refractivity contribution in [2.45, 2.75) is 68.8 Å². The molecule has 1 fully saturated rings. The normalized spacial score (nSPS) is 15.1. The Balaban J connectivity index is 0.000000335. The molecule has 26 heteroatoms. The molecule has 3 aromatic rings. The molecule has 0 saturated heterocycles. The van der Waals surface area contributed by atoms with Crippen LogP contribution in [0.15, 0.2) is 40.0 Å². The number of carbonyl (C=O) groups is 5. The van der Waals surface area contributed by atoms with Gasteiger partial charge in [-0.05, 0) is 56.5 Å². The molecule has 1 aliphatic rings. The summed E-state index contributed by atoms with van der Waals surface area (Å²) >= 11 is 11.9. The molecule has 3 atom stereocenters. The lowest BCUT2D eigenvalue weighted by molar-refractivity contribution is -0.385. The van der Waals surface area contributed by atoms with Crippen molar-refractivity contribution in [1.29, 1.82) is 0 Å². The largest absolute Gasteiger partial charge is 0.480 e. The Morgan fingerprint density at radius 2 is 1.73 bits per heavy atom. The number of carbonyl (C=O) groups excluding carboxylic acids is 4. The SMILES string of the molecule is CCOC(=O)C(Cl)Cc1cc(-n2nc(C)n(C(F)F)c2=O)c(F)cc1Cl.CP(=O)(O)CCC(N)C(=O)O.CS(=O)(=O)c1ccc(C(=O)C2C(=O)CCCC2=O)c([N+](=O)[O-])c1. The summed E-state index contributed by atoms with van der Waals surface area (Å²) in [6.45, 7) is 0.987. The third-order valence-corrected chi connectivity index (χ3v) is 11.1. The maximum absolute atomic E-state index is 14.2. The molecule has 1 aromatic heterocycles. The number of nitrogens with zero attached hydrogens (tertiary/aromatic N) is 4. The third-order valence-electron chi connectivity index (χ3n) is 8.25. The van der Waals surface area contributed by atoms with E-state index in [-0.39, 0.29) is 70.0 Å². The van der Waals surface area contributed by atoms with Crippen LogP contribution in [-0.2, 0) is 44.7 Å². The fraction of sp³-hybridized carbons (Fsp3) is 0.441. The van der Waals surface area contributed by atoms with E-state index in [1.54, 1.807) is 6.92 Å². The summed E-state index contributed by atoms with van der Waals surface area (Å²) in [5, 5.41) is 21.9. The molecule has 3 unspecified atom stereocenters. The average molecular weight is 933 g/mol. The summed E-state index contributed by atoms with van der Waals surface area (Å²) in [5.41, 5.74) is 2.56. The average Bonchev–Trinajstić information content (AvgIpc) is 3.43. The first kappa shape index (κ1) is 51.3. The monoisotopic (exact) mass is 931 g/mol. The van der Waals surface area contributed by atoms with Crippen LogP contribution in [0.3, 0.4) is 0 Å². The van der Waals surface area contributed by atoms with Gasteiger partial charge in [0.1, 0.15) is 28.8 Å². The summed E-state index contributed by atoms with van der Waals surface area (Å²) in [7, 11) is -6.80. The molecule has 1 aliphatic carbocycles. The number of ketones is 3. The summed E-state index contributed by atoms with van der Waals surface area (Å²) < 4.78 is 79.1. The molecule has 0 aliphatic heterocycles. The molecule has 0 amide bonds. The lowest BCUT2D eigenvalue weighted by Gasteiger charge is -2.18. The van der Waals surface area contributed by atoms with Gasteiger partial charge in [-0.2, -0.15) is 13.5 Å². The number of carboxylic acid groups (broad SMARTS) is 1. The molecule has 4 rings (SSSR count). The predicted octanol–water partition coefficient (Wildman–Crippen LogP) is 4.05. The summed E-state index contributed by atoms with van der Waals surface area (Å²) in [6, 6.07) is 3.79. The number of Topliss-reactive ketones (excluding diaryl/α,β-unsaturated/α-hetero) is 3. The van der Waals surface area contributed by atoms with E-state index in [2.05, 4.69) is 5.10 Å². The van der Waals surface area contributed by atoms with Gasteiger partial charge in [0.05, 0.1) is 22.0 Å². The molecular formula is C34H39Cl2F3N5O14PS. The van der Waals surface area contributed by atoms with Crippen molar-refractivity contribution in [2.24, 2.45) is 11.7 Å². The molecule has 2 aromatic carbocycles. The van der Waals surface area contributed by atoms with Crippen LogP contribution < -0.4 is 11.4 Å². The number of ether oxygens (including phenoxy) is 1. The van der Waals surface area contributed by atoms with E-state index in [4.69, 9.17) is 43.7 Å². The number of esters is 1. The van der Waals surface area contributed by atoms with Crippen LogP contribution in [0.1, 0.15) is 60.9 Å². The number of aryl methyl sites for hydroxylation is 1. The van der Waals surface area contributed by atoms with Gasteiger partial charge in [-0.25, -0.2) is 22.2 Å². The van der Waals surface area contributed by atoms with Crippen molar-refractivity contribution in [3.8, 4) is 5.69 Å². The Hall–Kier alpha value is -4.80. The smallest absolute Gasteiger partial charge is 0.355 e. The lowest BCUT2D eigenvalue weighted by atomic mass is 9.81. The van der Waals surface area contributed by atoms with Gasteiger partial charge in [-0.3, -0.25) is 38.7 Å². The number of benzene rings is 2. The lowest BCUT2D eigenvalue weighted by Crippen LogP contribution is -2.35. The van der Waals surface area contributed by atoms with Crippen molar-refractivity contribution >= 4 is 75.4 Å². The quantitative estimate of drug-likeness (QED) is 0.0391. The van der Waals surface area contributed by atoms with Gasteiger partial charge in [0.25, 0.3) is 5.69 Å². The second kappa shape index (κ2) is 21.6. The van der Waals surface area contributed by atoms with Gasteiger partial charge in [0, 0.05) is 49.4 Å². The van der Waals surface area contributed by atoms with Crippen molar-refractivity contribution < 1.29 is 69.8 Å². The maximum atomic E-state index is 14.2. The Morgan fingerprint density at radius 3 is 2.20 bits per heavy atom. The molecule has 1 saturated carbocycles. The molecule has 60 heavy (non-hydrogen) atoms. The maximum Gasteiger partial charge on any atom is 0.355 e. The van der Waals surface area contributed by atoms with E-state index >= 15 is 0 Å². The van der Waals surface area contributed by atoms with Gasteiger partial charge < -0.3 is 20.5 Å². The van der Waals surface area contributed by atoms with Crippen LogP contribution in [0.5, 0.6) is 0 Å². The van der Waals surface area contributed by atoms with E-state index < -0.39 is 98.1 Å². The standard InChI is InChI=1S/C15H14Cl2F3N3O3.C14H13NO7S.C5H12NO4P/c1-3-26-13(24)10(17)4-8-5-12(11(18)6-9(8)16)23-15(25)22(14(19)20)7(2)21-23;1-23(21,22)8-5-6-9(10(7-8)15(19)20)14(18)13-11(16)3-2-4-12(13)17;1-11(9,10)3-2-4(6)5(7)8/h5-6,10,14H,3-4H2,1-2H3;5-7,13H,2-4H2,1H3;4H,2-3,6H2,1H3,(H,7,8)(H,9,10). The Labute approximate surface area is 349 Å². The molecular weight excluding hydrogens is 893 g/mol. The minimum atomic E-state index is -3.70. The number of hydrogen-bond donors (Lipinski definition) is 3. The van der Waals surface area contributed by atoms with Crippen LogP contribution in [0.4, 0.5) is 18.9 Å². The number of aliphatic carboxylic acids is 1. The second-order valence-electron chi connectivity index (χ2n) is 13.0. The number of alkyl halides is 3. The van der Waals surface area contributed by atoms with Crippen LogP contribution >= 0.6 is 30.6 Å². The zero-order valence-electron chi connectivity index (χ0n) is 32.1. The molecule has 0 spiro atoms. The Morgan fingerprint density at radius 1 is 1.15 bits per heavy atom. The minimum absolute atomic E-state index is 0.0412. The number of nitrogens with two attached hydrogens (primary N) is 1. The molecule has 330 valence electrons. The molecule has 19 nitrogen and oxygen atoms in total. The van der Waals surface area contributed by atoms with Gasteiger partial charge in [0.15, 0.2) is 40.4 Å². The first-order chi connectivity index (χ1) is 27.6. The van der Waals surface area contributed by atoms with Crippen molar-refractivity contribution in [3.63, 3.8) is 0 Å². The third kappa shape index (κ3) is 14.2. The minimum Gasteiger partial charge on any atom is -0.480 e. The zero-order chi connectivity index (χ0) is 46.0. The second-order valence-corrected chi connectivity index (χ2v) is 18.5. The number of carboxylic acids is 1. The van der Waals surface area contributed by atoms with Crippen molar-refractivity contribution in [3.05, 3.63) is 78.7 Å². The number of aromatic nitrogens is 3. The fourth-order valence-corrected chi connectivity index (χ4v) is 7.08. The number of sulfone groups is 1. The van der Waals surface area contributed by atoms with E-state index in [1.807, 2.05) is 0 Å². The topological polar surface area (TPSA) is 295 Å². The Bertz CT molecular complexity index is 2360. The predicted molar refractivity (Wildman–Crippen MR) is 207 cm³/mol. The highest BCUT2D eigenvalue weighted by atomic mass is 35.5. The highest BCUT2D eigenvalue weighted by Gasteiger charge is 2.39. The Kier molecular flexibility index (Phi) is 18.5. The number of nitro groups is 1. The van der Waals surface area contributed by atoms with Gasteiger partial charge >= 0.3 is 24.2 Å². The highest BCUT2D eigenvalue weighted by Crippen LogP contribution is 2.36. The summed E-state index contributed by atoms with van der Waals surface area (Å²) in [6.07, 6.45) is 1.25. The van der Waals surface area contributed by atoms with Crippen LogP contribution in [0.25, 0.3) is 5.69 Å². The fourth-order valence-electron chi connectivity index (χ4n) is 5.22. The number of rotatable bonds is 14. The van der Waals surface area contributed by atoms with Gasteiger partial charge in [-0.1, -0.05) is 11.6 Å². The molecule has 1 heterocycles. The first-order valence-electron chi connectivity index (χ1n) is 17.2. The molecule has 0 bridgehead atoms. The highest BCUT2D eigenvalue weighted by molar-refractivity contribution is 7.90. The van der Waals surface area contributed by atoms with Crippen molar-refractivity contribution in [2.75, 3.05) is 25.7 Å². The van der Waals surface area contributed by atoms with Crippen LogP contribution in [-0.4, -0.2) is 104 Å². The van der Waals surface area contributed by atoms with Crippen LogP contribution in [0.2, 0.25) is 5.02 Å². The van der Waals surface area contributed by atoms with E-state index in [9.17, 15) is 65.0 Å². The van der Waals surface area contributed by atoms with Gasteiger partial charge in [-0.15, -0.1) is 16.7 Å². The first-order valence-corrected chi connectivity index (χ1v) is 22.2. The van der Waals surface area contributed by atoms with Crippen molar-refractivity contribution in [1.82, 2.24) is 14.3 Å². The van der Waals surface area contributed by atoms with E-state index in [1.165, 1.54) is 13.6 Å². The van der Waals surface area contributed by atoms with E-state index in [0.717, 1.165) is 36.6 Å². The van der Waals surface area contributed by atoms with Gasteiger partial charge in [0.2, 0.25) is 0 Å². The zero-order valence-corrected chi connectivity index (χ0v) is 35.3. The van der Waals surface area contributed by atoms with Crippen LogP contribution in [0, 0.1) is 28.8 Å². The number of nitro benzene ring substituents is 1. The molecule has 4 N–H and O–H groups in total. The number of halogens is 5. The summed E-state index contributed by atoms with van der Waals surface area (Å²) in [5.74, 6) is -6.67. The number of hydrogen-bond acceptors (Lipinski definition) is 14.